The van der Waals surface area contributed by atoms with Crippen LogP contribution in [-0.4, -0.2) is 31.9 Å². The fourth-order valence-electron chi connectivity index (χ4n) is 4.71. The van der Waals surface area contributed by atoms with E-state index in [0.717, 1.165) is 12.1 Å². The highest BCUT2D eigenvalue weighted by atomic mass is 32.2. The molecule has 150 valence electrons. The number of anilines is 1. The minimum Gasteiger partial charge on any atom is -0.298 e. The van der Waals surface area contributed by atoms with Crippen LogP contribution in [0.4, 0.5) is 10.1 Å². The predicted molar refractivity (Wildman–Crippen MR) is 109 cm³/mol. The van der Waals surface area contributed by atoms with Gasteiger partial charge >= 0.3 is 0 Å². The summed E-state index contributed by atoms with van der Waals surface area (Å²) in [6.07, 6.45) is 6.24. The summed E-state index contributed by atoms with van der Waals surface area (Å²) in [5.41, 5.74) is 1.80. The molecule has 2 aliphatic rings. The van der Waals surface area contributed by atoms with Gasteiger partial charge in [0, 0.05) is 17.8 Å². The van der Waals surface area contributed by atoms with Gasteiger partial charge in [0.25, 0.3) is 10.0 Å². The molecule has 28 heavy (non-hydrogen) atoms. The summed E-state index contributed by atoms with van der Waals surface area (Å²) in [5.74, 6) is 0.0852. The van der Waals surface area contributed by atoms with Crippen molar-refractivity contribution in [2.75, 3.05) is 11.3 Å². The van der Waals surface area contributed by atoms with Gasteiger partial charge in [-0.2, -0.15) is 0 Å². The van der Waals surface area contributed by atoms with E-state index in [9.17, 15) is 12.8 Å². The van der Waals surface area contributed by atoms with Gasteiger partial charge in [0.05, 0.1) is 4.90 Å². The van der Waals surface area contributed by atoms with Gasteiger partial charge in [0.1, 0.15) is 5.82 Å². The third-order valence-electron chi connectivity index (χ3n) is 6.24. The zero-order valence-corrected chi connectivity index (χ0v) is 17.0. The number of hydrogen-bond acceptors (Lipinski definition) is 3. The second kappa shape index (κ2) is 7.84. The van der Waals surface area contributed by atoms with Crippen molar-refractivity contribution in [3.8, 4) is 0 Å². The Hall–Kier alpha value is -1.92. The van der Waals surface area contributed by atoms with Gasteiger partial charge in [-0.1, -0.05) is 12.1 Å². The quantitative estimate of drug-likeness (QED) is 0.785. The maximum Gasteiger partial charge on any atom is 0.261 e. The lowest BCUT2D eigenvalue weighted by Gasteiger charge is -2.28. The fraction of sp³-hybridized carbons (Fsp3) is 0.455. The second-order valence-electron chi connectivity index (χ2n) is 8.07. The smallest absolute Gasteiger partial charge is 0.261 e. The number of benzene rings is 2. The number of rotatable bonds is 5. The van der Waals surface area contributed by atoms with Crippen molar-refractivity contribution in [1.82, 2.24) is 4.90 Å². The molecule has 0 radical (unpaired) electrons. The fourth-order valence-corrected chi connectivity index (χ4v) is 5.77. The molecular formula is C22H27FN2O2S. The van der Waals surface area contributed by atoms with Crippen LogP contribution in [0.25, 0.3) is 0 Å². The summed E-state index contributed by atoms with van der Waals surface area (Å²) in [5, 5.41) is 0. The van der Waals surface area contributed by atoms with E-state index in [1.165, 1.54) is 56.3 Å². The van der Waals surface area contributed by atoms with E-state index in [1.807, 2.05) is 24.3 Å². The molecule has 4 rings (SSSR count). The Balaban J connectivity index is 1.41. The first kappa shape index (κ1) is 19.4. The number of hydrogen-bond donors (Lipinski definition) is 1. The Labute approximate surface area is 166 Å². The van der Waals surface area contributed by atoms with Crippen LogP contribution < -0.4 is 4.72 Å². The molecule has 1 heterocycles. The van der Waals surface area contributed by atoms with E-state index in [0.29, 0.717) is 23.7 Å². The summed E-state index contributed by atoms with van der Waals surface area (Å²) < 4.78 is 40.5. The highest BCUT2D eigenvalue weighted by molar-refractivity contribution is 7.92. The number of nitrogens with one attached hydrogen (secondary N) is 1. The predicted octanol–water partition coefficient (Wildman–Crippen LogP) is 4.75. The Morgan fingerprint density at radius 2 is 1.71 bits per heavy atom. The molecule has 1 aliphatic carbocycles. The van der Waals surface area contributed by atoms with Gasteiger partial charge in [-0.3, -0.25) is 9.62 Å². The van der Waals surface area contributed by atoms with Gasteiger partial charge in [-0.15, -0.1) is 0 Å². The molecule has 0 bridgehead atoms. The van der Waals surface area contributed by atoms with Crippen LogP contribution in [0.15, 0.2) is 53.4 Å². The van der Waals surface area contributed by atoms with Gasteiger partial charge < -0.3 is 0 Å². The van der Waals surface area contributed by atoms with Crippen LogP contribution in [0.2, 0.25) is 0 Å². The molecule has 3 atom stereocenters. The molecule has 4 nitrogen and oxygen atoms in total. The average Bonchev–Trinajstić information content (AvgIpc) is 3.31. The second-order valence-corrected chi connectivity index (χ2v) is 9.76. The van der Waals surface area contributed by atoms with Crippen molar-refractivity contribution in [3.05, 3.63) is 59.9 Å². The molecule has 1 saturated heterocycles. The number of nitrogens with zero attached hydrogens (tertiary/aromatic N) is 1. The van der Waals surface area contributed by atoms with Crippen LogP contribution in [0.3, 0.4) is 0 Å². The molecule has 2 aromatic rings. The summed E-state index contributed by atoms with van der Waals surface area (Å²) in [7, 11) is -3.71. The first-order chi connectivity index (χ1) is 13.4. The molecule has 0 amide bonds. The van der Waals surface area contributed by atoms with Crippen molar-refractivity contribution >= 4 is 15.7 Å². The lowest BCUT2D eigenvalue weighted by Crippen LogP contribution is -2.35. The molecule has 6 heteroatoms. The molecule has 2 aromatic carbocycles. The lowest BCUT2D eigenvalue weighted by molar-refractivity contribution is 0.191. The van der Waals surface area contributed by atoms with E-state index in [-0.39, 0.29) is 4.90 Å². The third-order valence-corrected chi connectivity index (χ3v) is 7.63. The van der Waals surface area contributed by atoms with Gasteiger partial charge in [0.2, 0.25) is 0 Å². The van der Waals surface area contributed by atoms with E-state index in [2.05, 4.69) is 16.5 Å². The molecular weight excluding hydrogens is 375 g/mol. The normalized spacial score (nSPS) is 25.9. The molecule has 0 spiro atoms. The van der Waals surface area contributed by atoms with Gasteiger partial charge in [0.15, 0.2) is 0 Å². The molecule has 2 fully saturated rings. The standard InChI is InChI=1S/C22H27FN2O2S/c1-16-3-2-14-25(16)21-11-6-18(15-21)17-4-9-20(10-5-17)24-28(26,27)22-12-7-19(23)8-13-22/h4-5,7-10,12-13,16,18,21,24H,2-3,6,11,14-15H2,1H3/t16-,18?,21?/m0/s1. The Kier molecular flexibility index (Phi) is 5.43. The largest absolute Gasteiger partial charge is 0.298 e. The molecule has 2 unspecified atom stereocenters. The number of likely N-dealkylation sites (tertiary alicyclic amines) is 1. The van der Waals surface area contributed by atoms with Crippen molar-refractivity contribution in [1.29, 1.82) is 0 Å². The van der Waals surface area contributed by atoms with Crippen LogP contribution >= 0.6 is 0 Å². The Morgan fingerprint density at radius 1 is 1.00 bits per heavy atom. The van der Waals surface area contributed by atoms with Gasteiger partial charge in [-0.05, 0) is 93.5 Å². The Bertz CT molecular complexity index is 913. The van der Waals surface area contributed by atoms with E-state index < -0.39 is 15.8 Å². The van der Waals surface area contributed by atoms with Crippen molar-refractivity contribution in [2.45, 2.75) is 61.9 Å². The summed E-state index contributed by atoms with van der Waals surface area (Å²) >= 11 is 0. The van der Waals surface area contributed by atoms with Crippen LogP contribution in [0, 0.1) is 5.82 Å². The maximum absolute atomic E-state index is 13.0. The highest BCUT2D eigenvalue weighted by Gasteiger charge is 2.34. The van der Waals surface area contributed by atoms with Crippen LogP contribution in [0.5, 0.6) is 0 Å². The minimum absolute atomic E-state index is 0.0522. The highest BCUT2D eigenvalue weighted by Crippen LogP contribution is 2.39. The van der Waals surface area contributed by atoms with Crippen molar-refractivity contribution < 1.29 is 12.8 Å². The molecule has 0 aromatic heterocycles. The van der Waals surface area contributed by atoms with Crippen molar-refractivity contribution in [2.24, 2.45) is 0 Å². The summed E-state index contributed by atoms with van der Waals surface area (Å²) in [4.78, 5) is 2.72. The van der Waals surface area contributed by atoms with E-state index in [1.54, 1.807) is 0 Å². The maximum atomic E-state index is 13.0. The van der Waals surface area contributed by atoms with Gasteiger partial charge in [-0.25, -0.2) is 12.8 Å². The summed E-state index contributed by atoms with van der Waals surface area (Å²) in [6, 6.07) is 13.9. The molecule has 1 aliphatic heterocycles. The topological polar surface area (TPSA) is 49.4 Å². The first-order valence-electron chi connectivity index (χ1n) is 10.1. The lowest BCUT2D eigenvalue weighted by atomic mass is 9.97. The number of halogens is 1. The van der Waals surface area contributed by atoms with E-state index in [4.69, 9.17) is 0 Å². The monoisotopic (exact) mass is 402 g/mol. The minimum atomic E-state index is -3.71. The summed E-state index contributed by atoms with van der Waals surface area (Å²) in [6.45, 7) is 3.56. The SMILES string of the molecule is C[C@H]1CCCN1C1CCC(c2ccc(NS(=O)(=O)c3ccc(F)cc3)cc2)C1. The van der Waals surface area contributed by atoms with E-state index >= 15 is 0 Å². The first-order valence-corrected chi connectivity index (χ1v) is 11.5. The van der Waals surface area contributed by atoms with Crippen molar-refractivity contribution in [3.63, 3.8) is 0 Å². The zero-order valence-electron chi connectivity index (χ0n) is 16.1. The molecule has 1 N–H and O–H groups in total. The third kappa shape index (κ3) is 4.08. The zero-order chi connectivity index (χ0) is 19.7. The van der Waals surface area contributed by atoms with Crippen LogP contribution in [0.1, 0.15) is 50.5 Å². The average molecular weight is 403 g/mol. The van der Waals surface area contributed by atoms with Crippen LogP contribution in [-0.2, 0) is 10.0 Å². The Morgan fingerprint density at radius 3 is 2.36 bits per heavy atom. The number of sulfonamides is 1. The molecule has 1 saturated carbocycles.